The largest absolute Gasteiger partial charge is 0.341 e. The zero-order valence-electron chi connectivity index (χ0n) is 14.7. The van der Waals surface area contributed by atoms with Gasteiger partial charge in [-0.1, -0.05) is 12.8 Å². The van der Waals surface area contributed by atoms with E-state index in [1.807, 2.05) is 27.7 Å². The van der Waals surface area contributed by atoms with Gasteiger partial charge in [0.2, 0.25) is 0 Å². The van der Waals surface area contributed by atoms with Crippen molar-refractivity contribution >= 4 is 6.03 Å². The van der Waals surface area contributed by atoms with Gasteiger partial charge in [0.25, 0.3) is 0 Å². The molecule has 0 aromatic rings. The topological polar surface area (TPSA) is 44.8 Å². The number of hydrogen-bond donors (Lipinski definition) is 1. The molecule has 5 heteroatoms. The Morgan fingerprint density at radius 1 is 1.18 bits per heavy atom. The fraction of sp³-hybridized carbons (Fsp3) is 0.941. The van der Waals surface area contributed by atoms with E-state index in [0.717, 1.165) is 32.0 Å². The first-order valence-electron chi connectivity index (χ1n) is 8.89. The monoisotopic (exact) mass is 311 g/mol. The number of amides is 2. The fourth-order valence-corrected chi connectivity index (χ4v) is 3.74. The van der Waals surface area contributed by atoms with Crippen molar-refractivity contribution < 1.29 is 9.63 Å². The summed E-state index contributed by atoms with van der Waals surface area (Å²) in [5.74, 6) is 0. The van der Waals surface area contributed by atoms with Crippen LogP contribution in [0.2, 0.25) is 0 Å². The summed E-state index contributed by atoms with van der Waals surface area (Å²) in [5, 5.41) is 0. The summed E-state index contributed by atoms with van der Waals surface area (Å²) in [4.78, 5) is 22.3. The molecule has 0 spiro atoms. The molecule has 0 atom stereocenters. The van der Waals surface area contributed by atoms with Gasteiger partial charge in [-0.05, 0) is 53.4 Å². The molecule has 1 heterocycles. The molecule has 0 bridgehead atoms. The zero-order chi connectivity index (χ0) is 16.2. The van der Waals surface area contributed by atoms with Crippen LogP contribution in [0.3, 0.4) is 0 Å². The lowest BCUT2D eigenvalue weighted by atomic mass is 10.1. The summed E-state index contributed by atoms with van der Waals surface area (Å²) in [6.07, 6.45) is 7.67. The third-order valence-corrected chi connectivity index (χ3v) is 5.00. The van der Waals surface area contributed by atoms with Gasteiger partial charge < -0.3 is 9.80 Å². The van der Waals surface area contributed by atoms with Crippen LogP contribution in [-0.4, -0.2) is 53.1 Å². The average Bonchev–Trinajstić information content (AvgIpc) is 2.99. The van der Waals surface area contributed by atoms with Gasteiger partial charge in [-0.15, -0.1) is 0 Å². The molecule has 2 rings (SSSR count). The Balaban J connectivity index is 1.71. The molecule has 0 radical (unpaired) electrons. The zero-order valence-corrected chi connectivity index (χ0v) is 14.7. The average molecular weight is 311 g/mol. The van der Waals surface area contributed by atoms with Gasteiger partial charge in [0.15, 0.2) is 0 Å². The van der Waals surface area contributed by atoms with Crippen molar-refractivity contribution in [3.63, 3.8) is 0 Å². The highest BCUT2D eigenvalue weighted by Gasteiger charge is 2.29. The molecular weight excluding hydrogens is 278 g/mol. The maximum atomic E-state index is 12.2. The minimum Gasteiger partial charge on any atom is -0.318 e. The van der Waals surface area contributed by atoms with Crippen LogP contribution in [0.5, 0.6) is 0 Å². The Morgan fingerprint density at radius 2 is 1.77 bits per heavy atom. The lowest BCUT2D eigenvalue weighted by Crippen LogP contribution is -2.51. The van der Waals surface area contributed by atoms with Gasteiger partial charge in [0.05, 0.1) is 6.10 Å². The van der Waals surface area contributed by atoms with Crippen LogP contribution in [0.1, 0.15) is 66.2 Å². The lowest BCUT2D eigenvalue weighted by molar-refractivity contribution is -0.0495. The number of nitrogens with one attached hydrogen (secondary N) is 1. The van der Waals surface area contributed by atoms with Gasteiger partial charge in [0, 0.05) is 31.2 Å². The Kier molecular flexibility index (Phi) is 6.09. The highest BCUT2D eigenvalue weighted by Crippen LogP contribution is 2.26. The Hall–Kier alpha value is -0.810. The van der Waals surface area contributed by atoms with Gasteiger partial charge in [-0.2, -0.15) is 0 Å². The second kappa shape index (κ2) is 7.64. The molecule has 128 valence electrons. The summed E-state index contributed by atoms with van der Waals surface area (Å²) in [6, 6.07) is 0.667. The van der Waals surface area contributed by atoms with E-state index in [0.29, 0.717) is 6.54 Å². The summed E-state index contributed by atoms with van der Waals surface area (Å²) >= 11 is 0. The molecule has 0 aromatic carbocycles. The number of piperidine rings is 1. The van der Waals surface area contributed by atoms with Crippen LogP contribution < -0.4 is 5.48 Å². The van der Waals surface area contributed by atoms with E-state index >= 15 is 0 Å². The summed E-state index contributed by atoms with van der Waals surface area (Å²) in [5.41, 5.74) is 2.48. The standard InChI is InChI=1S/C17H33N3O2/c1-5-20(17(2,3)4)16(21)18-22-15-10-12-19(13-11-15)14-8-6-7-9-14/h14-15H,5-13H2,1-4H3,(H,18,21). The van der Waals surface area contributed by atoms with Gasteiger partial charge in [-0.3, -0.25) is 4.84 Å². The molecular formula is C17H33N3O2. The normalized spacial score (nSPS) is 22.0. The van der Waals surface area contributed by atoms with Crippen LogP contribution in [0.15, 0.2) is 0 Å². The second-order valence-corrected chi connectivity index (χ2v) is 7.61. The first-order valence-corrected chi connectivity index (χ1v) is 8.89. The van der Waals surface area contributed by atoms with E-state index in [2.05, 4.69) is 10.4 Å². The van der Waals surface area contributed by atoms with Gasteiger partial charge >= 0.3 is 6.03 Å². The first kappa shape index (κ1) is 17.5. The predicted octanol–water partition coefficient (Wildman–Crippen LogP) is 3.16. The Bertz CT molecular complexity index is 353. The van der Waals surface area contributed by atoms with E-state index < -0.39 is 0 Å². The van der Waals surface area contributed by atoms with Crippen molar-refractivity contribution in [3.05, 3.63) is 0 Å². The predicted molar refractivity (Wildman–Crippen MR) is 88.6 cm³/mol. The number of urea groups is 1. The highest BCUT2D eigenvalue weighted by molar-refractivity contribution is 5.73. The molecule has 2 fully saturated rings. The minimum absolute atomic E-state index is 0.131. The number of rotatable bonds is 4. The molecule has 1 N–H and O–H groups in total. The Morgan fingerprint density at radius 3 is 2.27 bits per heavy atom. The van der Waals surface area contributed by atoms with E-state index in [1.165, 1.54) is 25.7 Å². The molecule has 22 heavy (non-hydrogen) atoms. The number of carbonyl (C=O) groups is 1. The van der Waals surface area contributed by atoms with E-state index in [9.17, 15) is 4.79 Å². The van der Waals surface area contributed by atoms with Crippen LogP contribution >= 0.6 is 0 Å². The molecule has 1 saturated heterocycles. The summed E-state index contributed by atoms with van der Waals surface area (Å²) < 4.78 is 0. The van der Waals surface area contributed by atoms with E-state index in [4.69, 9.17) is 4.84 Å². The highest BCUT2D eigenvalue weighted by atomic mass is 16.7. The third kappa shape index (κ3) is 4.59. The molecule has 2 amide bonds. The quantitative estimate of drug-likeness (QED) is 0.811. The molecule has 1 aliphatic carbocycles. The van der Waals surface area contributed by atoms with Crippen LogP contribution in [0.25, 0.3) is 0 Å². The first-order chi connectivity index (χ1) is 10.4. The number of hydroxylamine groups is 1. The molecule has 1 saturated carbocycles. The van der Waals surface area contributed by atoms with Crippen molar-refractivity contribution in [2.75, 3.05) is 19.6 Å². The number of likely N-dealkylation sites (tertiary alicyclic amines) is 1. The van der Waals surface area contributed by atoms with Crippen molar-refractivity contribution in [1.82, 2.24) is 15.3 Å². The van der Waals surface area contributed by atoms with Gasteiger partial charge in [-0.25, -0.2) is 10.3 Å². The number of carbonyl (C=O) groups excluding carboxylic acids is 1. The number of nitrogens with zero attached hydrogens (tertiary/aromatic N) is 2. The Labute approximate surface area is 135 Å². The van der Waals surface area contributed by atoms with Crippen LogP contribution in [0.4, 0.5) is 4.79 Å². The number of hydrogen-bond acceptors (Lipinski definition) is 3. The molecule has 2 aliphatic rings. The summed E-state index contributed by atoms with van der Waals surface area (Å²) in [7, 11) is 0. The third-order valence-electron chi connectivity index (χ3n) is 5.00. The van der Waals surface area contributed by atoms with Crippen molar-refractivity contribution in [1.29, 1.82) is 0 Å². The van der Waals surface area contributed by atoms with Gasteiger partial charge in [0.1, 0.15) is 0 Å². The van der Waals surface area contributed by atoms with Crippen molar-refractivity contribution in [2.45, 2.75) is 83.9 Å². The molecule has 5 nitrogen and oxygen atoms in total. The van der Waals surface area contributed by atoms with Crippen molar-refractivity contribution in [3.8, 4) is 0 Å². The van der Waals surface area contributed by atoms with Crippen LogP contribution in [-0.2, 0) is 4.84 Å². The van der Waals surface area contributed by atoms with Crippen LogP contribution in [0, 0.1) is 0 Å². The lowest BCUT2D eigenvalue weighted by Gasteiger charge is -2.37. The molecule has 0 unspecified atom stereocenters. The van der Waals surface area contributed by atoms with Crippen molar-refractivity contribution in [2.24, 2.45) is 0 Å². The molecule has 0 aromatic heterocycles. The SMILES string of the molecule is CCN(C(=O)NOC1CCN(C2CCCC2)CC1)C(C)(C)C. The minimum atomic E-state index is -0.186. The van der Waals surface area contributed by atoms with E-state index in [1.54, 1.807) is 4.90 Å². The maximum absolute atomic E-state index is 12.2. The molecule has 1 aliphatic heterocycles. The maximum Gasteiger partial charge on any atom is 0.341 e. The smallest absolute Gasteiger partial charge is 0.318 e. The fourth-order valence-electron chi connectivity index (χ4n) is 3.74. The second-order valence-electron chi connectivity index (χ2n) is 7.61. The van der Waals surface area contributed by atoms with E-state index in [-0.39, 0.29) is 17.7 Å². The summed E-state index contributed by atoms with van der Waals surface area (Å²) in [6.45, 7) is 11.0.